The Bertz CT molecular complexity index is 1110. The van der Waals surface area contributed by atoms with E-state index in [2.05, 4.69) is 15.2 Å². The second-order valence-corrected chi connectivity index (χ2v) is 7.11. The average Bonchev–Trinajstić information content (AvgIpc) is 3.14. The number of halogens is 2. The van der Waals surface area contributed by atoms with Crippen molar-refractivity contribution in [2.24, 2.45) is 0 Å². The van der Waals surface area contributed by atoms with Gasteiger partial charge in [0.05, 0.1) is 5.69 Å². The summed E-state index contributed by atoms with van der Waals surface area (Å²) in [6, 6.07) is 15.8. The van der Waals surface area contributed by atoms with Crippen molar-refractivity contribution in [1.82, 2.24) is 19.7 Å². The van der Waals surface area contributed by atoms with Crippen LogP contribution in [0.2, 0.25) is 0 Å². The van der Waals surface area contributed by atoms with Gasteiger partial charge in [0.2, 0.25) is 0 Å². The van der Waals surface area contributed by atoms with Gasteiger partial charge in [-0.05, 0) is 36.8 Å². The predicted molar refractivity (Wildman–Crippen MR) is 105 cm³/mol. The smallest absolute Gasteiger partial charge is 0.196 e. The minimum absolute atomic E-state index is 0.240. The molecule has 0 saturated carbocycles. The third-order valence-corrected chi connectivity index (χ3v) is 5.29. The van der Waals surface area contributed by atoms with E-state index < -0.39 is 11.6 Å². The number of thioether (sulfide) groups is 1. The molecule has 0 amide bonds. The van der Waals surface area contributed by atoms with Crippen molar-refractivity contribution in [3.05, 3.63) is 89.8 Å². The van der Waals surface area contributed by atoms with Crippen molar-refractivity contribution in [3.63, 3.8) is 0 Å². The molecule has 4 nitrogen and oxygen atoms in total. The minimum Gasteiger partial charge on any atom is -0.270 e. The van der Waals surface area contributed by atoms with Crippen LogP contribution < -0.4 is 0 Å². The first-order valence-corrected chi connectivity index (χ1v) is 9.61. The molecule has 4 rings (SSSR count). The molecule has 0 bridgehead atoms. The van der Waals surface area contributed by atoms with Crippen LogP contribution >= 0.6 is 11.8 Å². The fourth-order valence-corrected chi connectivity index (χ4v) is 3.81. The molecule has 140 valence electrons. The lowest BCUT2D eigenvalue weighted by Crippen LogP contribution is -2.02. The van der Waals surface area contributed by atoms with Gasteiger partial charge in [-0.1, -0.05) is 42.1 Å². The van der Waals surface area contributed by atoms with Gasteiger partial charge >= 0.3 is 0 Å². The molecule has 0 aliphatic carbocycles. The summed E-state index contributed by atoms with van der Waals surface area (Å²) in [4.78, 5) is 4.05. The molecule has 0 aliphatic heterocycles. The van der Waals surface area contributed by atoms with Gasteiger partial charge in [0.25, 0.3) is 0 Å². The molecule has 4 aromatic rings. The fourth-order valence-electron chi connectivity index (χ4n) is 2.89. The Kier molecular flexibility index (Phi) is 5.16. The Labute approximate surface area is 165 Å². The summed E-state index contributed by atoms with van der Waals surface area (Å²) in [6.45, 7) is 2.01. The molecule has 0 atom stereocenters. The molecular weight excluding hydrogens is 378 g/mol. The largest absolute Gasteiger partial charge is 0.270 e. The first kappa shape index (κ1) is 18.3. The Morgan fingerprint density at radius 3 is 2.50 bits per heavy atom. The first-order chi connectivity index (χ1) is 13.6. The number of hydrogen-bond donors (Lipinski definition) is 0. The van der Waals surface area contributed by atoms with Gasteiger partial charge in [0.1, 0.15) is 0 Å². The van der Waals surface area contributed by atoms with E-state index in [-0.39, 0.29) is 11.3 Å². The highest BCUT2D eigenvalue weighted by Gasteiger charge is 2.18. The number of para-hydroxylation sites is 1. The van der Waals surface area contributed by atoms with Crippen LogP contribution in [0.5, 0.6) is 0 Å². The lowest BCUT2D eigenvalue weighted by molar-refractivity contribution is 0.502. The maximum Gasteiger partial charge on any atom is 0.196 e. The monoisotopic (exact) mass is 394 g/mol. The van der Waals surface area contributed by atoms with Crippen molar-refractivity contribution in [1.29, 1.82) is 0 Å². The highest BCUT2D eigenvalue weighted by atomic mass is 32.2. The highest BCUT2D eigenvalue weighted by molar-refractivity contribution is 7.98. The Hall–Kier alpha value is -3.06. The Morgan fingerprint density at radius 1 is 0.929 bits per heavy atom. The fraction of sp³-hybridized carbons (Fsp3) is 0.0952. The van der Waals surface area contributed by atoms with Gasteiger partial charge in [-0.25, -0.2) is 8.78 Å². The SMILES string of the molecule is Cc1ccccc1-n1c(SCc2cccc(F)c2F)nnc1-c1ccncc1. The van der Waals surface area contributed by atoms with Gasteiger partial charge in [0.15, 0.2) is 22.6 Å². The summed E-state index contributed by atoms with van der Waals surface area (Å²) < 4.78 is 29.5. The van der Waals surface area contributed by atoms with Crippen molar-refractivity contribution < 1.29 is 8.78 Å². The van der Waals surface area contributed by atoms with Crippen molar-refractivity contribution in [3.8, 4) is 17.1 Å². The predicted octanol–water partition coefficient (Wildman–Crippen LogP) is 5.21. The molecule has 7 heteroatoms. The van der Waals surface area contributed by atoms with Crippen molar-refractivity contribution >= 4 is 11.8 Å². The summed E-state index contributed by atoms with van der Waals surface area (Å²) in [5, 5.41) is 9.27. The van der Waals surface area contributed by atoms with Crippen LogP contribution in [0.25, 0.3) is 17.1 Å². The van der Waals surface area contributed by atoms with E-state index in [1.165, 1.54) is 17.8 Å². The van der Waals surface area contributed by atoms with E-state index in [1.807, 2.05) is 47.9 Å². The molecule has 0 saturated heterocycles. The molecule has 0 radical (unpaired) electrons. The summed E-state index contributed by atoms with van der Waals surface area (Å²) in [7, 11) is 0. The lowest BCUT2D eigenvalue weighted by atomic mass is 10.2. The van der Waals surface area contributed by atoms with Gasteiger partial charge in [-0.2, -0.15) is 0 Å². The number of rotatable bonds is 5. The zero-order chi connectivity index (χ0) is 19.5. The minimum atomic E-state index is -0.851. The number of nitrogens with zero attached hydrogens (tertiary/aromatic N) is 4. The molecular formula is C21H16F2N4S. The topological polar surface area (TPSA) is 43.6 Å². The summed E-state index contributed by atoms with van der Waals surface area (Å²) in [5.74, 6) is -0.773. The third kappa shape index (κ3) is 3.53. The molecule has 0 unspecified atom stereocenters. The average molecular weight is 394 g/mol. The second-order valence-electron chi connectivity index (χ2n) is 6.17. The highest BCUT2D eigenvalue weighted by Crippen LogP contribution is 2.31. The number of pyridine rings is 1. The second kappa shape index (κ2) is 7.90. The van der Waals surface area contributed by atoms with E-state index in [1.54, 1.807) is 18.5 Å². The van der Waals surface area contributed by atoms with Gasteiger partial charge in [-0.15, -0.1) is 10.2 Å². The van der Waals surface area contributed by atoms with Crippen LogP contribution in [0.3, 0.4) is 0 Å². The Morgan fingerprint density at radius 2 is 1.71 bits per heavy atom. The van der Waals surface area contributed by atoms with Gasteiger partial charge in [0, 0.05) is 29.3 Å². The molecule has 2 aromatic carbocycles. The molecule has 0 N–H and O–H groups in total. The molecule has 2 heterocycles. The van der Waals surface area contributed by atoms with Crippen LogP contribution in [-0.4, -0.2) is 19.7 Å². The third-order valence-electron chi connectivity index (χ3n) is 4.32. The molecule has 0 aliphatic rings. The number of aryl methyl sites for hydroxylation is 1. The zero-order valence-corrected chi connectivity index (χ0v) is 15.8. The van der Waals surface area contributed by atoms with E-state index in [9.17, 15) is 8.78 Å². The van der Waals surface area contributed by atoms with Crippen LogP contribution in [-0.2, 0) is 5.75 Å². The molecule has 2 aromatic heterocycles. The zero-order valence-electron chi connectivity index (χ0n) is 15.0. The van der Waals surface area contributed by atoms with E-state index in [4.69, 9.17) is 0 Å². The van der Waals surface area contributed by atoms with E-state index in [0.717, 1.165) is 22.9 Å². The number of benzene rings is 2. The summed E-state index contributed by atoms with van der Waals surface area (Å²) in [5.41, 5.74) is 3.14. The lowest BCUT2D eigenvalue weighted by Gasteiger charge is -2.13. The molecule has 0 fully saturated rings. The number of hydrogen-bond acceptors (Lipinski definition) is 4. The Balaban J connectivity index is 1.76. The van der Waals surface area contributed by atoms with Gasteiger partial charge in [-0.3, -0.25) is 9.55 Å². The maximum atomic E-state index is 14.0. The van der Waals surface area contributed by atoms with Crippen LogP contribution in [0.1, 0.15) is 11.1 Å². The quantitative estimate of drug-likeness (QED) is 0.436. The standard InChI is InChI=1S/C21H16F2N4S/c1-14-5-2-3-8-18(14)27-20(15-9-11-24-12-10-15)25-26-21(27)28-13-16-6-4-7-17(22)19(16)23/h2-12H,13H2,1H3. The van der Waals surface area contributed by atoms with Crippen LogP contribution in [0, 0.1) is 18.6 Å². The normalized spacial score (nSPS) is 11.0. The van der Waals surface area contributed by atoms with Crippen LogP contribution in [0.4, 0.5) is 8.78 Å². The first-order valence-electron chi connectivity index (χ1n) is 8.62. The van der Waals surface area contributed by atoms with Crippen molar-refractivity contribution in [2.45, 2.75) is 17.8 Å². The number of aromatic nitrogens is 4. The summed E-state index contributed by atoms with van der Waals surface area (Å²) >= 11 is 1.31. The molecule has 0 spiro atoms. The molecule has 28 heavy (non-hydrogen) atoms. The van der Waals surface area contributed by atoms with Crippen molar-refractivity contribution in [2.75, 3.05) is 0 Å². The van der Waals surface area contributed by atoms with E-state index >= 15 is 0 Å². The van der Waals surface area contributed by atoms with E-state index in [0.29, 0.717) is 11.0 Å². The van der Waals surface area contributed by atoms with Crippen LogP contribution in [0.15, 0.2) is 72.1 Å². The summed E-state index contributed by atoms with van der Waals surface area (Å²) in [6.07, 6.45) is 3.39. The van der Waals surface area contributed by atoms with Gasteiger partial charge < -0.3 is 0 Å². The maximum absolute atomic E-state index is 14.0.